The summed E-state index contributed by atoms with van der Waals surface area (Å²) in [5.74, 6) is -0.209. The first-order chi connectivity index (χ1) is 16.6. The number of halogens is 1. The van der Waals surface area contributed by atoms with E-state index >= 15 is 0 Å². The van der Waals surface area contributed by atoms with E-state index in [1.807, 2.05) is 83.8 Å². The second kappa shape index (κ2) is 11.3. The van der Waals surface area contributed by atoms with Crippen LogP contribution in [0.1, 0.15) is 11.1 Å². The molecule has 1 saturated heterocycles. The largest absolute Gasteiger partial charge is 0.367 e. The second-order valence-corrected chi connectivity index (χ2v) is 8.36. The van der Waals surface area contributed by atoms with Gasteiger partial charge in [-0.05, 0) is 41.5 Å². The molecule has 0 bridgehead atoms. The van der Waals surface area contributed by atoms with Crippen LogP contribution in [-0.4, -0.2) is 42.9 Å². The van der Waals surface area contributed by atoms with E-state index in [-0.39, 0.29) is 11.8 Å². The van der Waals surface area contributed by atoms with Gasteiger partial charge in [0.15, 0.2) is 0 Å². The first-order valence-corrected chi connectivity index (χ1v) is 11.6. The smallest absolute Gasteiger partial charge is 0.248 e. The van der Waals surface area contributed by atoms with Gasteiger partial charge in [0, 0.05) is 44.0 Å². The van der Waals surface area contributed by atoms with Crippen LogP contribution in [0.2, 0.25) is 5.02 Å². The van der Waals surface area contributed by atoms with E-state index in [1.54, 1.807) is 18.2 Å². The maximum atomic E-state index is 12.5. The minimum absolute atomic E-state index is 0.0104. The Bertz CT molecular complexity index is 1180. The molecule has 2 amide bonds. The van der Waals surface area contributed by atoms with Crippen molar-refractivity contribution in [2.24, 2.45) is 0 Å². The molecule has 5 nitrogen and oxygen atoms in total. The van der Waals surface area contributed by atoms with Gasteiger partial charge in [0.2, 0.25) is 11.8 Å². The lowest BCUT2D eigenvalue weighted by Gasteiger charge is -2.36. The monoisotopic (exact) mass is 471 g/mol. The predicted molar refractivity (Wildman–Crippen MR) is 140 cm³/mol. The fourth-order valence-electron chi connectivity index (χ4n) is 3.77. The van der Waals surface area contributed by atoms with Gasteiger partial charge < -0.3 is 15.1 Å². The number of amides is 2. The van der Waals surface area contributed by atoms with Crippen LogP contribution >= 0.6 is 11.6 Å². The first-order valence-electron chi connectivity index (χ1n) is 11.2. The lowest BCUT2D eigenvalue weighted by atomic mass is 10.2. The highest BCUT2D eigenvalue weighted by atomic mass is 35.5. The summed E-state index contributed by atoms with van der Waals surface area (Å²) in [6.45, 7) is 2.63. The van der Waals surface area contributed by atoms with Crippen LogP contribution in [0.25, 0.3) is 12.2 Å². The third-order valence-electron chi connectivity index (χ3n) is 5.59. The van der Waals surface area contributed by atoms with Crippen LogP contribution < -0.4 is 10.2 Å². The molecule has 172 valence electrons. The molecule has 0 spiro atoms. The van der Waals surface area contributed by atoms with Crippen molar-refractivity contribution < 1.29 is 9.59 Å². The summed E-state index contributed by atoms with van der Waals surface area (Å²) in [6.07, 6.45) is 6.73. The van der Waals surface area contributed by atoms with E-state index < -0.39 is 0 Å². The summed E-state index contributed by atoms with van der Waals surface area (Å²) in [5, 5.41) is 3.41. The zero-order valence-corrected chi connectivity index (χ0v) is 19.5. The summed E-state index contributed by atoms with van der Waals surface area (Å²) in [7, 11) is 0. The van der Waals surface area contributed by atoms with Crippen molar-refractivity contribution in [3.63, 3.8) is 0 Å². The van der Waals surface area contributed by atoms with Crippen molar-refractivity contribution >= 4 is 46.9 Å². The Balaban J connectivity index is 1.30. The standard InChI is InChI=1S/C28H26ClN3O2/c29-25-21-24(30-27(33)15-11-22-7-3-1-4-8-22)13-14-26(25)31-17-19-32(20-18-31)28(34)16-12-23-9-5-2-6-10-23/h1-16,21H,17-20H2,(H,30,33). The minimum atomic E-state index is -0.219. The number of anilines is 2. The van der Waals surface area contributed by atoms with E-state index in [0.29, 0.717) is 36.9 Å². The Morgan fingerprint density at radius 2 is 1.35 bits per heavy atom. The van der Waals surface area contributed by atoms with Crippen molar-refractivity contribution in [3.05, 3.63) is 107 Å². The zero-order valence-electron chi connectivity index (χ0n) is 18.7. The van der Waals surface area contributed by atoms with E-state index in [2.05, 4.69) is 10.2 Å². The molecule has 1 fully saturated rings. The number of hydrogen-bond donors (Lipinski definition) is 1. The first kappa shape index (κ1) is 23.3. The highest BCUT2D eigenvalue weighted by Crippen LogP contribution is 2.29. The molecule has 1 heterocycles. The van der Waals surface area contributed by atoms with E-state index in [9.17, 15) is 9.59 Å². The van der Waals surface area contributed by atoms with Gasteiger partial charge in [-0.1, -0.05) is 72.3 Å². The van der Waals surface area contributed by atoms with Crippen molar-refractivity contribution in [3.8, 4) is 0 Å². The summed E-state index contributed by atoms with van der Waals surface area (Å²) < 4.78 is 0. The lowest BCUT2D eigenvalue weighted by molar-refractivity contribution is -0.126. The average molecular weight is 472 g/mol. The quantitative estimate of drug-likeness (QED) is 0.493. The molecule has 3 aromatic rings. The van der Waals surface area contributed by atoms with Crippen LogP contribution in [0, 0.1) is 0 Å². The van der Waals surface area contributed by atoms with Crippen LogP contribution in [-0.2, 0) is 9.59 Å². The van der Waals surface area contributed by atoms with Gasteiger partial charge in [0.25, 0.3) is 0 Å². The summed E-state index contributed by atoms with van der Waals surface area (Å²) in [5.41, 5.74) is 3.49. The molecule has 0 aliphatic carbocycles. The molecule has 1 aliphatic rings. The summed E-state index contributed by atoms with van der Waals surface area (Å²) in [6, 6.07) is 24.9. The molecule has 0 saturated carbocycles. The summed E-state index contributed by atoms with van der Waals surface area (Å²) in [4.78, 5) is 28.8. The van der Waals surface area contributed by atoms with Gasteiger partial charge in [-0.25, -0.2) is 0 Å². The van der Waals surface area contributed by atoms with Crippen molar-refractivity contribution in [2.45, 2.75) is 0 Å². The van der Waals surface area contributed by atoms with Gasteiger partial charge in [-0.15, -0.1) is 0 Å². The molecule has 1 N–H and O–H groups in total. The Morgan fingerprint density at radius 1 is 0.765 bits per heavy atom. The number of hydrogen-bond acceptors (Lipinski definition) is 3. The van der Waals surface area contributed by atoms with E-state index in [4.69, 9.17) is 11.6 Å². The third-order valence-corrected chi connectivity index (χ3v) is 5.89. The van der Waals surface area contributed by atoms with E-state index in [1.165, 1.54) is 6.08 Å². The highest BCUT2D eigenvalue weighted by molar-refractivity contribution is 6.33. The predicted octanol–water partition coefficient (Wildman–Crippen LogP) is 5.35. The molecule has 3 aromatic carbocycles. The van der Waals surface area contributed by atoms with E-state index in [0.717, 1.165) is 16.8 Å². The molecular formula is C28H26ClN3O2. The van der Waals surface area contributed by atoms with Crippen LogP contribution in [0.15, 0.2) is 91.0 Å². The van der Waals surface area contributed by atoms with Crippen molar-refractivity contribution in [1.82, 2.24) is 4.90 Å². The third kappa shape index (κ3) is 6.36. The van der Waals surface area contributed by atoms with Crippen LogP contribution in [0.3, 0.4) is 0 Å². The van der Waals surface area contributed by atoms with Crippen LogP contribution in [0.4, 0.5) is 11.4 Å². The van der Waals surface area contributed by atoms with Gasteiger partial charge in [-0.2, -0.15) is 0 Å². The van der Waals surface area contributed by atoms with Crippen molar-refractivity contribution in [1.29, 1.82) is 0 Å². The number of nitrogens with one attached hydrogen (secondary N) is 1. The molecule has 1 aliphatic heterocycles. The average Bonchev–Trinajstić information content (AvgIpc) is 2.87. The maximum absolute atomic E-state index is 12.5. The molecule has 0 atom stereocenters. The molecule has 0 radical (unpaired) electrons. The van der Waals surface area contributed by atoms with Crippen molar-refractivity contribution in [2.75, 3.05) is 36.4 Å². The molecule has 34 heavy (non-hydrogen) atoms. The van der Waals surface area contributed by atoms with Crippen LogP contribution in [0.5, 0.6) is 0 Å². The maximum Gasteiger partial charge on any atom is 0.248 e. The zero-order chi connectivity index (χ0) is 23.8. The highest BCUT2D eigenvalue weighted by Gasteiger charge is 2.21. The number of carbonyl (C=O) groups excluding carboxylic acids is 2. The second-order valence-electron chi connectivity index (χ2n) is 7.96. The number of carbonyl (C=O) groups is 2. The van der Waals surface area contributed by atoms with Gasteiger partial charge in [0.1, 0.15) is 0 Å². The molecule has 0 unspecified atom stereocenters. The number of piperazine rings is 1. The number of benzene rings is 3. The minimum Gasteiger partial charge on any atom is -0.367 e. The molecule has 4 rings (SSSR count). The lowest BCUT2D eigenvalue weighted by Crippen LogP contribution is -2.48. The summed E-state index contributed by atoms with van der Waals surface area (Å²) >= 11 is 6.53. The fraction of sp³-hybridized carbons (Fsp3) is 0.143. The van der Waals surface area contributed by atoms with Gasteiger partial charge in [0.05, 0.1) is 10.7 Å². The normalized spacial score (nSPS) is 14.0. The Labute approximate surface area is 205 Å². The molecular weight excluding hydrogens is 446 g/mol. The SMILES string of the molecule is O=C(C=Cc1ccccc1)Nc1ccc(N2CCN(C(=O)C=Cc3ccccc3)CC2)c(Cl)c1. The van der Waals surface area contributed by atoms with Gasteiger partial charge >= 0.3 is 0 Å². The molecule has 0 aromatic heterocycles. The Hall–Kier alpha value is -3.83. The number of nitrogens with zero attached hydrogens (tertiary/aromatic N) is 2. The topological polar surface area (TPSA) is 52.7 Å². The van der Waals surface area contributed by atoms with Gasteiger partial charge in [-0.3, -0.25) is 9.59 Å². The fourth-order valence-corrected chi connectivity index (χ4v) is 4.07. The Morgan fingerprint density at radius 3 is 1.94 bits per heavy atom. The Kier molecular flexibility index (Phi) is 7.79. The number of rotatable bonds is 6. The molecule has 6 heteroatoms.